The standard InChI is InChI=1S/C10H14ClN3O/c1-7(2)14-5-8(6-14)15-10-4-12-3-9(11)13-10/h3-4,7-8H,5-6H2,1-2H3. The number of aromatic nitrogens is 2. The van der Waals surface area contributed by atoms with Crippen LogP contribution in [0.4, 0.5) is 0 Å². The summed E-state index contributed by atoms with van der Waals surface area (Å²) >= 11 is 5.70. The molecule has 1 fully saturated rings. The van der Waals surface area contributed by atoms with Gasteiger partial charge in [0.1, 0.15) is 6.10 Å². The van der Waals surface area contributed by atoms with Crippen LogP contribution in [0.1, 0.15) is 13.8 Å². The van der Waals surface area contributed by atoms with Gasteiger partial charge in [0, 0.05) is 19.1 Å². The Labute approximate surface area is 94.2 Å². The molecule has 0 bridgehead atoms. The third-order valence-corrected chi connectivity index (χ3v) is 2.66. The highest BCUT2D eigenvalue weighted by Crippen LogP contribution is 2.18. The first-order valence-electron chi connectivity index (χ1n) is 5.03. The lowest BCUT2D eigenvalue weighted by atomic mass is 10.1. The molecule has 0 atom stereocenters. The van der Waals surface area contributed by atoms with Gasteiger partial charge in [-0.15, -0.1) is 0 Å². The zero-order valence-corrected chi connectivity index (χ0v) is 9.61. The number of rotatable bonds is 3. The molecule has 0 saturated carbocycles. The van der Waals surface area contributed by atoms with Crippen molar-refractivity contribution >= 4 is 11.6 Å². The number of ether oxygens (including phenoxy) is 1. The Morgan fingerprint density at radius 2 is 2.20 bits per heavy atom. The highest BCUT2D eigenvalue weighted by Gasteiger charge is 2.30. The third kappa shape index (κ3) is 2.58. The van der Waals surface area contributed by atoms with Gasteiger partial charge in [-0.2, -0.15) is 4.98 Å². The van der Waals surface area contributed by atoms with E-state index in [9.17, 15) is 0 Å². The van der Waals surface area contributed by atoms with Crippen molar-refractivity contribution < 1.29 is 4.74 Å². The van der Waals surface area contributed by atoms with Gasteiger partial charge >= 0.3 is 0 Å². The van der Waals surface area contributed by atoms with E-state index in [0.29, 0.717) is 17.1 Å². The van der Waals surface area contributed by atoms with Crippen LogP contribution in [0.15, 0.2) is 12.4 Å². The predicted molar refractivity (Wildman–Crippen MR) is 58.2 cm³/mol. The van der Waals surface area contributed by atoms with Crippen molar-refractivity contribution in [2.45, 2.75) is 26.0 Å². The molecule has 1 aliphatic rings. The van der Waals surface area contributed by atoms with E-state index in [2.05, 4.69) is 28.7 Å². The Bertz CT molecular complexity index is 339. The van der Waals surface area contributed by atoms with Gasteiger partial charge in [-0.05, 0) is 13.8 Å². The summed E-state index contributed by atoms with van der Waals surface area (Å²) in [4.78, 5) is 10.3. The van der Waals surface area contributed by atoms with Crippen molar-refractivity contribution in [2.75, 3.05) is 13.1 Å². The number of nitrogens with zero attached hydrogens (tertiary/aromatic N) is 3. The topological polar surface area (TPSA) is 38.2 Å². The lowest BCUT2D eigenvalue weighted by molar-refractivity contribution is -0.00248. The molecular weight excluding hydrogens is 214 g/mol. The van der Waals surface area contributed by atoms with Crippen LogP contribution in [0.25, 0.3) is 0 Å². The molecule has 0 aromatic carbocycles. The molecule has 0 N–H and O–H groups in total. The van der Waals surface area contributed by atoms with Gasteiger partial charge in [0.25, 0.3) is 0 Å². The monoisotopic (exact) mass is 227 g/mol. The lowest BCUT2D eigenvalue weighted by Crippen LogP contribution is -2.56. The van der Waals surface area contributed by atoms with Crippen LogP contribution in [0.3, 0.4) is 0 Å². The van der Waals surface area contributed by atoms with E-state index in [1.165, 1.54) is 6.20 Å². The molecule has 0 unspecified atom stereocenters. The summed E-state index contributed by atoms with van der Waals surface area (Å²) in [7, 11) is 0. The fourth-order valence-corrected chi connectivity index (χ4v) is 1.66. The van der Waals surface area contributed by atoms with Gasteiger partial charge in [0.15, 0.2) is 5.15 Å². The van der Waals surface area contributed by atoms with Crippen LogP contribution < -0.4 is 4.74 Å². The Kier molecular flexibility index (Phi) is 3.07. The highest BCUT2D eigenvalue weighted by molar-refractivity contribution is 6.29. The van der Waals surface area contributed by atoms with Crippen LogP contribution in [0, 0.1) is 0 Å². The minimum absolute atomic E-state index is 0.222. The SMILES string of the molecule is CC(C)N1CC(Oc2cncc(Cl)n2)C1. The second-order valence-corrected chi connectivity index (χ2v) is 4.35. The maximum atomic E-state index is 5.70. The predicted octanol–water partition coefficient (Wildman–Crippen LogP) is 1.60. The maximum absolute atomic E-state index is 5.70. The van der Waals surface area contributed by atoms with Gasteiger partial charge in [0.05, 0.1) is 12.4 Å². The van der Waals surface area contributed by atoms with Crippen LogP contribution in [-0.4, -0.2) is 40.1 Å². The molecule has 1 saturated heterocycles. The lowest BCUT2D eigenvalue weighted by Gasteiger charge is -2.41. The van der Waals surface area contributed by atoms with E-state index in [1.54, 1.807) is 6.20 Å². The van der Waals surface area contributed by atoms with Gasteiger partial charge < -0.3 is 4.74 Å². The number of hydrogen-bond acceptors (Lipinski definition) is 4. The summed E-state index contributed by atoms with van der Waals surface area (Å²) in [5.74, 6) is 0.510. The summed E-state index contributed by atoms with van der Waals surface area (Å²) in [5, 5.41) is 0.368. The molecule has 82 valence electrons. The van der Waals surface area contributed by atoms with E-state index < -0.39 is 0 Å². The van der Waals surface area contributed by atoms with Crippen molar-refractivity contribution in [3.8, 4) is 5.88 Å². The smallest absolute Gasteiger partial charge is 0.234 e. The van der Waals surface area contributed by atoms with E-state index in [0.717, 1.165) is 13.1 Å². The third-order valence-electron chi connectivity index (χ3n) is 2.48. The molecule has 0 radical (unpaired) electrons. The van der Waals surface area contributed by atoms with E-state index >= 15 is 0 Å². The molecule has 0 aliphatic carbocycles. The Morgan fingerprint density at radius 1 is 1.47 bits per heavy atom. The second-order valence-electron chi connectivity index (χ2n) is 3.97. The summed E-state index contributed by atoms with van der Waals surface area (Å²) in [6, 6.07) is 0.579. The summed E-state index contributed by atoms with van der Waals surface area (Å²) < 4.78 is 5.61. The van der Waals surface area contributed by atoms with Crippen LogP contribution in [-0.2, 0) is 0 Å². The largest absolute Gasteiger partial charge is 0.470 e. The Balaban J connectivity index is 1.85. The van der Waals surface area contributed by atoms with Gasteiger partial charge in [0.2, 0.25) is 5.88 Å². The first kappa shape index (κ1) is 10.6. The first-order valence-corrected chi connectivity index (χ1v) is 5.41. The average Bonchev–Trinajstić information content (AvgIpc) is 2.10. The fourth-order valence-electron chi connectivity index (χ4n) is 1.52. The normalized spacial score (nSPS) is 17.9. The molecule has 1 aromatic heterocycles. The highest BCUT2D eigenvalue weighted by atomic mass is 35.5. The van der Waals surface area contributed by atoms with Crippen molar-refractivity contribution in [3.05, 3.63) is 17.5 Å². The van der Waals surface area contributed by atoms with Crippen molar-refractivity contribution in [1.29, 1.82) is 0 Å². The van der Waals surface area contributed by atoms with Crippen LogP contribution >= 0.6 is 11.6 Å². The van der Waals surface area contributed by atoms with Crippen molar-refractivity contribution in [2.24, 2.45) is 0 Å². The summed E-state index contributed by atoms with van der Waals surface area (Å²) in [5.41, 5.74) is 0. The van der Waals surface area contributed by atoms with Crippen molar-refractivity contribution in [3.63, 3.8) is 0 Å². The average molecular weight is 228 g/mol. The number of likely N-dealkylation sites (tertiary alicyclic amines) is 1. The fraction of sp³-hybridized carbons (Fsp3) is 0.600. The molecule has 0 amide bonds. The molecule has 4 nitrogen and oxygen atoms in total. The van der Waals surface area contributed by atoms with Gasteiger partial charge in [-0.3, -0.25) is 9.88 Å². The zero-order valence-electron chi connectivity index (χ0n) is 8.85. The van der Waals surface area contributed by atoms with Crippen molar-refractivity contribution in [1.82, 2.24) is 14.9 Å². The number of hydrogen-bond donors (Lipinski definition) is 0. The number of halogens is 1. The van der Waals surface area contributed by atoms with Gasteiger partial charge in [-0.1, -0.05) is 11.6 Å². The molecule has 0 spiro atoms. The Hall–Kier alpha value is -0.870. The summed E-state index contributed by atoms with van der Waals surface area (Å²) in [6.45, 7) is 6.25. The quantitative estimate of drug-likeness (QED) is 0.786. The summed E-state index contributed by atoms with van der Waals surface area (Å²) in [6.07, 6.45) is 3.31. The van der Waals surface area contributed by atoms with Gasteiger partial charge in [-0.25, -0.2) is 0 Å². The first-order chi connectivity index (χ1) is 7.15. The molecular formula is C10H14ClN3O. The molecule has 1 aliphatic heterocycles. The van der Waals surface area contributed by atoms with E-state index in [-0.39, 0.29) is 6.10 Å². The van der Waals surface area contributed by atoms with E-state index in [1.807, 2.05) is 0 Å². The molecule has 15 heavy (non-hydrogen) atoms. The van der Waals surface area contributed by atoms with Crippen LogP contribution in [0.5, 0.6) is 5.88 Å². The Morgan fingerprint density at radius 3 is 2.80 bits per heavy atom. The maximum Gasteiger partial charge on any atom is 0.234 e. The molecule has 1 aromatic rings. The second kappa shape index (κ2) is 4.33. The molecule has 2 heterocycles. The molecule has 2 rings (SSSR count). The zero-order chi connectivity index (χ0) is 10.8. The molecule has 5 heteroatoms. The minimum atomic E-state index is 0.222. The minimum Gasteiger partial charge on any atom is -0.470 e. The van der Waals surface area contributed by atoms with E-state index in [4.69, 9.17) is 16.3 Å². The van der Waals surface area contributed by atoms with Crippen LogP contribution in [0.2, 0.25) is 5.15 Å².